The zero-order valence-electron chi connectivity index (χ0n) is 10.5. The lowest BCUT2D eigenvalue weighted by Crippen LogP contribution is -2.13. The fourth-order valence-corrected chi connectivity index (χ4v) is 2.73. The minimum atomic E-state index is 0.912. The number of thiazole rings is 1. The Kier molecular flexibility index (Phi) is 3.91. The van der Waals surface area contributed by atoms with Crippen molar-refractivity contribution in [1.82, 2.24) is 19.9 Å². The van der Waals surface area contributed by atoms with Gasteiger partial charge >= 0.3 is 0 Å². The Labute approximate surface area is 106 Å². The number of imidazole rings is 1. The summed E-state index contributed by atoms with van der Waals surface area (Å²) in [7, 11) is 1.99. The Morgan fingerprint density at radius 2 is 2.29 bits per heavy atom. The summed E-state index contributed by atoms with van der Waals surface area (Å²) in [6, 6.07) is 0. The first-order valence-electron chi connectivity index (χ1n) is 5.86. The molecule has 0 spiro atoms. The minimum absolute atomic E-state index is 0.912. The first kappa shape index (κ1) is 12.3. The summed E-state index contributed by atoms with van der Waals surface area (Å²) in [6.07, 6.45) is 4.83. The molecule has 0 bridgehead atoms. The quantitative estimate of drug-likeness (QED) is 0.828. The second-order valence-corrected chi connectivity index (χ2v) is 5.18. The van der Waals surface area contributed by atoms with Crippen molar-refractivity contribution in [2.45, 2.75) is 26.8 Å². The van der Waals surface area contributed by atoms with E-state index in [2.05, 4.69) is 29.1 Å². The van der Waals surface area contributed by atoms with Gasteiger partial charge in [-0.1, -0.05) is 6.92 Å². The van der Waals surface area contributed by atoms with Crippen LogP contribution >= 0.6 is 11.3 Å². The number of nitrogens with zero attached hydrogens (tertiary/aromatic N) is 3. The van der Waals surface area contributed by atoms with Gasteiger partial charge in [-0.2, -0.15) is 0 Å². The van der Waals surface area contributed by atoms with E-state index in [4.69, 9.17) is 0 Å². The van der Waals surface area contributed by atoms with Crippen molar-refractivity contribution in [1.29, 1.82) is 0 Å². The number of rotatable bonds is 5. The maximum absolute atomic E-state index is 4.61. The van der Waals surface area contributed by atoms with Crippen LogP contribution in [0.25, 0.3) is 10.7 Å². The fraction of sp³-hybridized carbons (Fsp3) is 0.500. The molecule has 2 heterocycles. The van der Waals surface area contributed by atoms with E-state index < -0.39 is 0 Å². The molecule has 0 unspecified atom stereocenters. The van der Waals surface area contributed by atoms with Crippen molar-refractivity contribution in [3.05, 3.63) is 23.1 Å². The molecule has 0 radical (unpaired) electrons. The third kappa shape index (κ3) is 2.73. The molecule has 0 atom stereocenters. The molecule has 0 fully saturated rings. The molecular weight excluding hydrogens is 232 g/mol. The summed E-state index contributed by atoms with van der Waals surface area (Å²) in [5.41, 5.74) is 2.20. The fourth-order valence-electron chi connectivity index (χ4n) is 1.64. The van der Waals surface area contributed by atoms with Crippen LogP contribution in [0.5, 0.6) is 0 Å². The molecule has 1 N–H and O–H groups in total. The van der Waals surface area contributed by atoms with Gasteiger partial charge in [0.25, 0.3) is 0 Å². The summed E-state index contributed by atoms with van der Waals surface area (Å²) in [6.45, 7) is 6.21. The number of aryl methyl sites for hydroxylation is 2. The van der Waals surface area contributed by atoms with E-state index in [-0.39, 0.29) is 0 Å². The van der Waals surface area contributed by atoms with Gasteiger partial charge in [0.1, 0.15) is 5.01 Å². The maximum atomic E-state index is 4.61. The van der Waals surface area contributed by atoms with Crippen molar-refractivity contribution in [2.75, 3.05) is 6.54 Å². The van der Waals surface area contributed by atoms with Crippen LogP contribution < -0.4 is 5.32 Å². The van der Waals surface area contributed by atoms with Gasteiger partial charge < -0.3 is 9.88 Å². The van der Waals surface area contributed by atoms with Crippen LogP contribution in [0.4, 0.5) is 0 Å². The third-order valence-corrected chi connectivity index (χ3v) is 3.82. The molecule has 5 heteroatoms. The van der Waals surface area contributed by atoms with Crippen molar-refractivity contribution >= 4 is 11.3 Å². The van der Waals surface area contributed by atoms with Crippen LogP contribution in [-0.2, 0) is 13.6 Å². The third-order valence-electron chi connectivity index (χ3n) is 2.64. The molecule has 0 aliphatic carbocycles. The van der Waals surface area contributed by atoms with Gasteiger partial charge in [-0.25, -0.2) is 9.97 Å². The van der Waals surface area contributed by atoms with Gasteiger partial charge in [-0.05, 0) is 19.9 Å². The number of nitrogens with one attached hydrogen (secondary N) is 1. The van der Waals surface area contributed by atoms with Crippen LogP contribution in [0.2, 0.25) is 0 Å². The minimum Gasteiger partial charge on any atom is -0.332 e. The zero-order chi connectivity index (χ0) is 12.3. The average Bonchev–Trinajstić information content (AvgIpc) is 2.86. The van der Waals surface area contributed by atoms with E-state index in [1.807, 2.05) is 17.8 Å². The molecule has 0 aliphatic heterocycles. The van der Waals surface area contributed by atoms with E-state index in [0.29, 0.717) is 0 Å². The average molecular weight is 250 g/mol. The maximum Gasteiger partial charge on any atom is 0.142 e. The van der Waals surface area contributed by atoms with Gasteiger partial charge in [0, 0.05) is 18.5 Å². The largest absolute Gasteiger partial charge is 0.332 e. The second-order valence-electron chi connectivity index (χ2n) is 4.09. The lowest BCUT2D eigenvalue weighted by molar-refractivity contribution is 0.678. The number of aromatic nitrogens is 3. The van der Waals surface area contributed by atoms with Crippen LogP contribution in [-0.4, -0.2) is 21.1 Å². The summed E-state index contributed by atoms with van der Waals surface area (Å²) >= 11 is 1.75. The molecule has 0 aromatic carbocycles. The molecule has 0 saturated carbocycles. The summed E-state index contributed by atoms with van der Waals surface area (Å²) < 4.78 is 2.00. The molecule has 92 valence electrons. The van der Waals surface area contributed by atoms with Crippen molar-refractivity contribution in [3.8, 4) is 10.7 Å². The smallest absolute Gasteiger partial charge is 0.142 e. The Balaban J connectivity index is 2.16. The van der Waals surface area contributed by atoms with Gasteiger partial charge in [0.05, 0.1) is 23.9 Å². The highest BCUT2D eigenvalue weighted by atomic mass is 32.1. The Morgan fingerprint density at radius 1 is 1.47 bits per heavy atom. The van der Waals surface area contributed by atoms with E-state index in [0.717, 1.165) is 35.9 Å². The molecule has 17 heavy (non-hydrogen) atoms. The Bertz CT molecular complexity index is 486. The predicted molar refractivity (Wildman–Crippen MR) is 71.1 cm³/mol. The van der Waals surface area contributed by atoms with E-state index in [1.165, 1.54) is 4.88 Å². The SMILES string of the molecule is CCCNCc1sc(-c2cncn2C)nc1C. The molecule has 0 saturated heterocycles. The van der Waals surface area contributed by atoms with Gasteiger partial charge in [0.15, 0.2) is 0 Å². The lowest BCUT2D eigenvalue weighted by Gasteiger charge is -1.99. The molecule has 0 aliphatic rings. The summed E-state index contributed by atoms with van der Waals surface area (Å²) in [5, 5.41) is 4.47. The van der Waals surface area contributed by atoms with Gasteiger partial charge in [-0.15, -0.1) is 11.3 Å². The van der Waals surface area contributed by atoms with Crippen LogP contribution in [0, 0.1) is 6.92 Å². The Morgan fingerprint density at radius 3 is 2.94 bits per heavy atom. The molecule has 0 amide bonds. The van der Waals surface area contributed by atoms with E-state index >= 15 is 0 Å². The first-order valence-corrected chi connectivity index (χ1v) is 6.67. The molecule has 2 rings (SSSR count). The molecule has 2 aromatic rings. The highest BCUT2D eigenvalue weighted by molar-refractivity contribution is 7.15. The van der Waals surface area contributed by atoms with Gasteiger partial charge in [-0.3, -0.25) is 0 Å². The van der Waals surface area contributed by atoms with E-state index in [9.17, 15) is 0 Å². The summed E-state index contributed by atoms with van der Waals surface area (Å²) in [5.74, 6) is 0. The summed E-state index contributed by atoms with van der Waals surface area (Å²) in [4.78, 5) is 10.1. The lowest BCUT2D eigenvalue weighted by atomic mass is 10.4. The Hall–Kier alpha value is -1.20. The topological polar surface area (TPSA) is 42.7 Å². The predicted octanol–water partition coefficient (Wildman–Crippen LogP) is 2.35. The monoisotopic (exact) mass is 250 g/mol. The standard InChI is InChI=1S/C12H18N4S/c1-4-5-13-7-11-9(2)15-12(17-11)10-6-14-8-16(10)3/h6,8,13H,4-5,7H2,1-3H3. The second kappa shape index (κ2) is 5.42. The van der Waals surface area contributed by atoms with Crippen molar-refractivity contribution in [2.24, 2.45) is 7.05 Å². The van der Waals surface area contributed by atoms with Gasteiger partial charge in [0.2, 0.25) is 0 Å². The van der Waals surface area contributed by atoms with Crippen LogP contribution in [0.1, 0.15) is 23.9 Å². The van der Waals surface area contributed by atoms with Crippen LogP contribution in [0.3, 0.4) is 0 Å². The van der Waals surface area contributed by atoms with Crippen molar-refractivity contribution < 1.29 is 0 Å². The number of hydrogen-bond donors (Lipinski definition) is 1. The number of hydrogen-bond acceptors (Lipinski definition) is 4. The van der Waals surface area contributed by atoms with E-state index in [1.54, 1.807) is 17.7 Å². The highest BCUT2D eigenvalue weighted by Crippen LogP contribution is 2.27. The molecular formula is C12H18N4S. The first-order chi connectivity index (χ1) is 8.22. The normalized spacial score (nSPS) is 11.0. The molecule has 2 aromatic heterocycles. The van der Waals surface area contributed by atoms with Crippen LogP contribution in [0.15, 0.2) is 12.5 Å². The zero-order valence-corrected chi connectivity index (χ0v) is 11.3. The highest BCUT2D eigenvalue weighted by Gasteiger charge is 2.11. The van der Waals surface area contributed by atoms with Crippen molar-refractivity contribution in [3.63, 3.8) is 0 Å². The molecule has 4 nitrogen and oxygen atoms in total.